The summed E-state index contributed by atoms with van der Waals surface area (Å²) in [6, 6.07) is 11.0. The highest BCUT2D eigenvalue weighted by Crippen LogP contribution is 2.28. The van der Waals surface area contributed by atoms with Gasteiger partial charge in [-0.25, -0.2) is 8.42 Å². The second-order valence-corrected chi connectivity index (χ2v) is 7.81. The Labute approximate surface area is 152 Å². The molecule has 0 aliphatic heterocycles. The third-order valence-electron chi connectivity index (χ3n) is 3.78. The highest BCUT2D eigenvalue weighted by Gasteiger charge is 2.32. The van der Waals surface area contributed by atoms with Crippen molar-refractivity contribution in [3.05, 3.63) is 54.5 Å². The standard InChI is InChI=1S/C18H22N2O5S/c1-2-3-11-19-17(21)18(22)20-13-16(15-10-7-12-25-15)26(23,24)14-8-5-4-6-9-14/h4-10,12,16H,2-3,11,13H2,1H3,(H,19,21)(H,20,22)/t16-/m0/s1. The van der Waals surface area contributed by atoms with Gasteiger partial charge in [0.25, 0.3) is 0 Å². The Morgan fingerprint density at radius 3 is 2.35 bits per heavy atom. The summed E-state index contributed by atoms with van der Waals surface area (Å²) in [6.45, 7) is 2.09. The van der Waals surface area contributed by atoms with Gasteiger partial charge < -0.3 is 15.1 Å². The molecule has 8 heteroatoms. The summed E-state index contributed by atoms with van der Waals surface area (Å²) in [5.41, 5.74) is 0. The second kappa shape index (κ2) is 9.19. The summed E-state index contributed by atoms with van der Waals surface area (Å²) in [5, 5.41) is 3.74. The SMILES string of the molecule is CCCCNC(=O)C(=O)NC[C@@H](c1ccco1)S(=O)(=O)c1ccccc1. The molecule has 0 unspecified atom stereocenters. The van der Waals surface area contributed by atoms with Gasteiger partial charge in [0, 0.05) is 13.1 Å². The van der Waals surface area contributed by atoms with Crippen molar-refractivity contribution < 1.29 is 22.4 Å². The summed E-state index contributed by atoms with van der Waals surface area (Å²) in [7, 11) is -3.81. The van der Waals surface area contributed by atoms with E-state index < -0.39 is 26.9 Å². The van der Waals surface area contributed by atoms with E-state index in [1.807, 2.05) is 6.92 Å². The van der Waals surface area contributed by atoms with E-state index in [0.29, 0.717) is 6.54 Å². The molecular weight excluding hydrogens is 356 g/mol. The topological polar surface area (TPSA) is 105 Å². The Hall–Kier alpha value is -2.61. The van der Waals surface area contributed by atoms with Crippen LogP contribution in [0.15, 0.2) is 58.0 Å². The van der Waals surface area contributed by atoms with Gasteiger partial charge in [-0.05, 0) is 30.7 Å². The van der Waals surface area contributed by atoms with Gasteiger partial charge >= 0.3 is 11.8 Å². The molecule has 1 atom stereocenters. The van der Waals surface area contributed by atoms with E-state index in [1.54, 1.807) is 24.3 Å². The lowest BCUT2D eigenvalue weighted by Crippen LogP contribution is -2.42. The number of hydrogen-bond acceptors (Lipinski definition) is 5. The number of hydrogen-bond donors (Lipinski definition) is 2. The van der Waals surface area contributed by atoms with Crippen LogP contribution in [0.3, 0.4) is 0 Å². The van der Waals surface area contributed by atoms with Crippen LogP contribution in [0.4, 0.5) is 0 Å². The summed E-state index contributed by atoms with van der Waals surface area (Å²) in [6.07, 6.45) is 3.01. The molecule has 2 amide bonds. The molecule has 0 spiro atoms. The first-order valence-electron chi connectivity index (χ1n) is 8.35. The average molecular weight is 378 g/mol. The molecule has 0 fully saturated rings. The molecule has 26 heavy (non-hydrogen) atoms. The zero-order valence-electron chi connectivity index (χ0n) is 14.5. The third-order valence-corrected chi connectivity index (χ3v) is 5.85. The normalized spacial score (nSPS) is 12.3. The van der Waals surface area contributed by atoms with Gasteiger partial charge in [0.1, 0.15) is 11.0 Å². The molecule has 1 heterocycles. The smallest absolute Gasteiger partial charge is 0.309 e. The number of amides is 2. The summed E-state index contributed by atoms with van der Waals surface area (Å²) in [4.78, 5) is 23.8. The van der Waals surface area contributed by atoms with Gasteiger partial charge in [0.05, 0.1) is 11.2 Å². The molecule has 1 aromatic carbocycles. The lowest BCUT2D eigenvalue weighted by Gasteiger charge is -2.16. The van der Waals surface area contributed by atoms with Crippen molar-refractivity contribution in [3.63, 3.8) is 0 Å². The van der Waals surface area contributed by atoms with Gasteiger partial charge in [-0.15, -0.1) is 0 Å². The van der Waals surface area contributed by atoms with Crippen LogP contribution in [0.25, 0.3) is 0 Å². The monoisotopic (exact) mass is 378 g/mol. The van der Waals surface area contributed by atoms with Crippen LogP contribution in [-0.4, -0.2) is 33.3 Å². The van der Waals surface area contributed by atoms with E-state index in [0.717, 1.165) is 12.8 Å². The maximum atomic E-state index is 12.9. The number of sulfone groups is 1. The van der Waals surface area contributed by atoms with Crippen molar-refractivity contribution in [2.24, 2.45) is 0 Å². The fourth-order valence-electron chi connectivity index (χ4n) is 2.34. The Bertz CT molecular complexity index is 817. The fourth-order valence-corrected chi connectivity index (χ4v) is 3.94. The zero-order chi connectivity index (χ0) is 19.0. The summed E-state index contributed by atoms with van der Waals surface area (Å²) < 4.78 is 31.1. The average Bonchev–Trinajstić information content (AvgIpc) is 3.16. The molecule has 2 rings (SSSR count). The van der Waals surface area contributed by atoms with Gasteiger partial charge in [0.2, 0.25) is 0 Å². The summed E-state index contributed by atoms with van der Waals surface area (Å²) in [5.74, 6) is -1.46. The van der Waals surface area contributed by atoms with E-state index in [1.165, 1.54) is 24.5 Å². The predicted octanol–water partition coefficient (Wildman–Crippen LogP) is 1.83. The predicted molar refractivity (Wildman–Crippen MR) is 96.0 cm³/mol. The third kappa shape index (κ3) is 4.95. The van der Waals surface area contributed by atoms with Crippen LogP contribution in [-0.2, 0) is 19.4 Å². The Kier molecular flexibility index (Phi) is 6.97. The molecule has 0 bridgehead atoms. The molecular formula is C18H22N2O5S. The van der Waals surface area contributed by atoms with E-state index in [2.05, 4.69) is 10.6 Å². The minimum absolute atomic E-state index is 0.114. The van der Waals surface area contributed by atoms with Crippen LogP contribution < -0.4 is 10.6 Å². The second-order valence-electron chi connectivity index (χ2n) is 5.68. The van der Waals surface area contributed by atoms with Crippen molar-refractivity contribution in [3.8, 4) is 0 Å². The van der Waals surface area contributed by atoms with Crippen LogP contribution in [0.2, 0.25) is 0 Å². The lowest BCUT2D eigenvalue weighted by molar-refractivity contribution is -0.139. The Morgan fingerprint density at radius 2 is 1.73 bits per heavy atom. The highest BCUT2D eigenvalue weighted by atomic mass is 32.2. The Balaban J connectivity index is 2.12. The van der Waals surface area contributed by atoms with Crippen molar-refractivity contribution in [1.29, 1.82) is 0 Å². The number of carbonyl (C=O) groups is 2. The minimum atomic E-state index is -3.81. The number of unbranched alkanes of at least 4 members (excludes halogenated alkanes) is 1. The highest BCUT2D eigenvalue weighted by molar-refractivity contribution is 7.91. The molecule has 2 N–H and O–H groups in total. The molecule has 2 aromatic rings. The number of rotatable bonds is 8. The van der Waals surface area contributed by atoms with Crippen LogP contribution in [0, 0.1) is 0 Å². The molecule has 140 valence electrons. The first kappa shape index (κ1) is 19.7. The van der Waals surface area contributed by atoms with E-state index >= 15 is 0 Å². The molecule has 1 aromatic heterocycles. The summed E-state index contributed by atoms with van der Waals surface area (Å²) >= 11 is 0. The number of nitrogens with one attached hydrogen (secondary N) is 2. The van der Waals surface area contributed by atoms with Crippen LogP contribution >= 0.6 is 0 Å². The van der Waals surface area contributed by atoms with Crippen LogP contribution in [0.1, 0.15) is 30.8 Å². The van der Waals surface area contributed by atoms with Crippen molar-refractivity contribution in [1.82, 2.24) is 10.6 Å². The first-order chi connectivity index (χ1) is 12.5. The van der Waals surface area contributed by atoms with E-state index in [4.69, 9.17) is 4.42 Å². The van der Waals surface area contributed by atoms with E-state index in [9.17, 15) is 18.0 Å². The quantitative estimate of drug-likeness (QED) is 0.538. The minimum Gasteiger partial charge on any atom is -0.468 e. The molecule has 7 nitrogen and oxygen atoms in total. The molecule has 0 saturated heterocycles. The van der Waals surface area contributed by atoms with Crippen LogP contribution in [0.5, 0.6) is 0 Å². The largest absolute Gasteiger partial charge is 0.468 e. The van der Waals surface area contributed by atoms with Gasteiger partial charge in [-0.3, -0.25) is 9.59 Å². The van der Waals surface area contributed by atoms with Gasteiger partial charge in [0.15, 0.2) is 9.84 Å². The lowest BCUT2D eigenvalue weighted by atomic mass is 10.3. The van der Waals surface area contributed by atoms with Gasteiger partial charge in [-0.1, -0.05) is 31.5 Å². The van der Waals surface area contributed by atoms with Crippen molar-refractivity contribution >= 4 is 21.7 Å². The van der Waals surface area contributed by atoms with Crippen molar-refractivity contribution in [2.45, 2.75) is 29.9 Å². The molecule has 0 aliphatic carbocycles. The van der Waals surface area contributed by atoms with Gasteiger partial charge in [-0.2, -0.15) is 0 Å². The number of carbonyl (C=O) groups excluding carboxylic acids is 2. The molecule has 0 saturated carbocycles. The van der Waals surface area contributed by atoms with E-state index in [-0.39, 0.29) is 17.2 Å². The zero-order valence-corrected chi connectivity index (χ0v) is 15.3. The maximum absolute atomic E-state index is 12.9. The fraction of sp³-hybridized carbons (Fsp3) is 0.333. The Morgan fingerprint density at radius 1 is 1.04 bits per heavy atom. The number of benzene rings is 1. The molecule has 0 aliphatic rings. The number of furan rings is 1. The van der Waals surface area contributed by atoms with Crippen molar-refractivity contribution in [2.75, 3.05) is 13.1 Å². The first-order valence-corrected chi connectivity index (χ1v) is 9.89. The molecule has 0 radical (unpaired) electrons. The maximum Gasteiger partial charge on any atom is 0.309 e.